The molecule has 0 saturated carbocycles. The van der Waals surface area contributed by atoms with E-state index in [-0.39, 0.29) is 11.1 Å². The van der Waals surface area contributed by atoms with Crippen LogP contribution in [0.5, 0.6) is 0 Å². The number of aromatic nitrogens is 4. The number of benzene rings is 2. The molecule has 4 aromatic rings. The molecule has 2 aromatic heterocycles. The van der Waals surface area contributed by atoms with E-state index in [9.17, 15) is 9.59 Å². The zero-order valence-electron chi connectivity index (χ0n) is 21.6. The maximum absolute atomic E-state index is 13.0. The second-order valence-corrected chi connectivity index (χ2v) is 9.45. The van der Waals surface area contributed by atoms with Crippen molar-refractivity contribution in [3.63, 3.8) is 0 Å². The molecular formula is C26H30N8O2S2. The Morgan fingerprint density at radius 3 is 1.34 bits per heavy atom. The standard InChI is InChI=1S/C26H30N8O2S2/c1-17-21(23(35)33(31(17)3)19-11-7-5-8-12-19)29-25(37)27-15-16-28-26(38)30-22-18(2)32(4)34(24(22)36)20-13-9-6-10-14-20/h5-14H,15-16H2,1-4H3,(H2,27,29,37)(H2,28,30,38). The quantitative estimate of drug-likeness (QED) is 0.206. The Bertz CT molecular complexity index is 1460. The second-order valence-electron chi connectivity index (χ2n) is 8.63. The average molecular weight is 551 g/mol. The number of rotatable bonds is 7. The Morgan fingerprint density at radius 1 is 0.658 bits per heavy atom. The summed E-state index contributed by atoms with van der Waals surface area (Å²) in [5.41, 5.74) is 3.48. The summed E-state index contributed by atoms with van der Waals surface area (Å²) in [5, 5.41) is 12.8. The first-order chi connectivity index (χ1) is 18.2. The van der Waals surface area contributed by atoms with Crippen LogP contribution < -0.4 is 32.4 Å². The van der Waals surface area contributed by atoms with Gasteiger partial charge in [-0.3, -0.25) is 19.0 Å². The Hall–Kier alpha value is -4.16. The highest BCUT2D eigenvalue weighted by Gasteiger charge is 2.18. The molecule has 0 fully saturated rings. The zero-order chi connectivity index (χ0) is 27.4. The van der Waals surface area contributed by atoms with Crippen LogP contribution in [0, 0.1) is 13.8 Å². The molecule has 4 N–H and O–H groups in total. The first-order valence-electron chi connectivity index (χ1n) is 12.0. The van der Waals surface area contributed by atoms with E-state index >= 15 is 0 Å². The molecule has 198 valence electrons. The highest BCUT2D eigenvalue weighted by atomic mass is 32.1. The molecule has 0 aliphatic rings. The van der Waals surface area contributed by atoms with Crippen LogP contribution in [0.15, 0.2) is 70.3 Å². The maximum atomic E-state index is 13.0. The van der Waals surface area contributed by atoms with Crippen LogP contribution >= 0.6 is 24.4 Å². The van der Waals surface area contributed by atoms with E-state index in [2.05, 4.69) is 21.3 Å². The van der Waals surface area contributed by atoms with Crippen LogP contribution in [0.4, 0.5) is 11.4 Å². The summed E-state index contributed by atoms with van der Waals surface area (Å²) in [4.78, 5) is 26.1. The van der Waals surface area contributed by atoms with Gasteiger partial charge in [0.25, 0.3) is 11.1 Å². The Labute approximate surface area is 230 Å². The smallest absolute Gasteiger partial charge is 0.295 e. The monoisotopic (exact) mass is 550 g/mol. The lowest BCUT2D eigenvalue weighted by Crippen LogP contribution is -2.39. The summed E-state index contributed by atoms with van der Waals surface area (Å²) in [6.07, 6.45) is 0. The molecule has 0 amide bonds. The molecule has 4 rings (SSSR count). The van der Waals surface area contributed by atoms with Crippen molar-refractivity contribution in [2.75, 3.05) is 23.7 Å². The maximum Gasteiger partial charge on any atom is 0.295 e. The van der Waals surface area contributed by atoms with Gasteiger partial charge in [0.15, 0.2) is 10.2 Å². The van der Waals surface area contributed by atoms with E-state index in [1.54, 1.807) is 18.7 Å². The van der Waals surface area contributed by atoms with Gasteiger partial charge in [-0.1, -0.05) is 36.4 Å². The Morgan fingerprint density at radius 2 is 1.00 bits per heavy atom. The van der Waals surface area contributed by atoms with Crippen molar-refractivity contribution >= 4 is 46.0 Å². The van der Waals surface area contributed by atoms with E-state index < -0.39 is 0 Å². The third kappa shape index (κ3) is 5.41. The van der Waals surface area contributed by atoms with Crippen molar-refractivity contribution in [1.82, 2.24) is 29.4 Å². The lowest BCUT2D eigenvalue weighted by Gasteiger charge is -2.12. The topological polar surface area (TPSA) is 102 Å². The van der Waals surface area contributed by atoms with Crippen molar-refractivity contribution < 1.29 is 0 Å². The predicted octanol–water partition coefficient (Wildman–Crippen LogP) is 2.56. The van der Waals surface area contributed by atoms with Crippen LogP contribution in [-0.4, -0.2) is 42.0 Å². The zero-order valence-corrected chi connectivity index (χ0v) is 23.2. The molecule has 0 bridgehead atoms. The van der Waals surface area contributed by atoms with Crippen LogP contribution in [0.25, 0.3) is 11.4 Å². The highest BCUT2D eigenvalue weighted by molar-refractivity contribution is 7.80. The Kier molecular flexibility index (Phi) is 8.13. The third-order valence-electron chi connectivity index (χ3n) is 6.28. The van der Waals surface area contributed by atoms with Crippen LogP contribution in [0.1, 0.15) is 11.4 Å². The van der Waals surface area contributed by atoms with Crippen molar-refractivity contribution in [2.45, 2.75) is 13.8 Å². The summed E-state index contributed by atoms with van der Waals surface area (Å²) in [7, 11) is 3.65. The molecule has 2 heterocycles. The minimum Gasteiger partial charge on any atom is -0.361 e. The second kappa shape index (κ2) is 11.5. The van der Waals surface area contributed by atoms with Gasteiger partial charge in [0.2, 0.25) is 0 Å². The number of anilines is 2. The molecule has 0 aliphatic heterocycles. The largest absolute Gasteiger partial charge is 0.361 e. The average Bonchev–Trinajstić information content (AvgIpc) is 3.25. The number of thiocarbonyl (C=S) groups is 2. The van der Waals surface area contributed by atoms with Crippen molar-refractivity contribution in [1.29, 1.82) is 0 Å². The van der Waals surface area contributed by atoms with Gasteiger partial charge in [-0.15, -0.1) is 0 Å². The number of nitrogens with one attached hydrogen (secondary N) is 4. The molecule has 38 heavy (non-hydrogen) atoms. The lowest BCUT2D eigenvalue weighted by molar-refractivity contribution is 0.630. The van der Waals surface area contributed by atoms with E-state index in [0.717, 1.165) is 22.8 Å². The normalized spacial score (nSPS) is 10.7. The predicted molar refractivity (Wildman–Crippen MR) is 160 cm³/mol. The van der Waals surface area contributed by atoms with Gasteiger partial charge in [0.1, 0.15) is 11.4 Å². The van der Waals surface area contributed by atoms with Gasteiger partial charge in [0.05, 0.1) is 22.8 Å². The third-order valence-corrected chi connectivity index (χ3v) is 6.77. The number of hydrogen-bond acceptors (Lipinski definition) is 4. The molecule has 0 spiro atoms. The van der Waals surface area contributed by atoms with Crippen LogP contribution in [-0.2, 0) is 14.1 Å². The molecule has 0 saturated heterocycles. The highest BCUT2D eigenvalue weighted by Crippen LogP contribution is 2.15. The molecule has 0 aliphatic carbocycles. The Balaban J connectivity index is 1.32. The fourth-order valence-electron chi connectivity index (χ4n) is 4.09. The SMILES string of the molecule is Cc1c(NC(=S)NCCNC(=S)Nc2c(C)n(C)n(-c3ccccc3)c2=O)c(=O)n(-c2ccccc2)n1C. The molecule has 12 heteroatoms. The van der Waals surface area contributed by atoms with Gasteiger partial charge in [0, 0.05) is 27.2 Å². The molecule has 0 radical (unpaired) electrons. The minimum absolute atomic E-state index is 0.191. The summed E-state index contributed by atoms with van der Waals surface area (Å²) in [6, 6.07) is 18.8. The number of para-hydroxylation sites is 2. The molecule has 0 atom stereocenters. The lowest BCUT2D eigenvalue weighted by atomic mass is 10.3. The van der Waals surface area contributed by atoms with Crippen LogP contribution in [0.3, 0.4) is 0 Å². The summed E-state index contributed by atoms with van der Waals surface area (Å²) in [6.45, 7) is 4.59. The van der Waals surface area contributed by atoms with Gasteiger partial charge in [-0.25, -0.2) is 9.36 Å². The molecular weight excluding hydrogens is 520 g/mol. The van der Waals surface area contributed by atoms with E-state index in [0.29, 0.717) is 34.7 Å². The van der Waals surface area contributed by atoms with Gasteiger partial charge in [-0.2, -0.15) is 0 Å². The summed E-state index contributed by atoms with van der Waals surface area (Å²) < 4.78 is 6.74. The van der Waals surface area contributed by atoms with Crippen LogP contribution in [0.2, 0.25) is 0 Å². The van der Waals surface area contributed by atoms with Gasteiger partial charge >= 0.3 is 0 Å². The van der Waals surface area contributed by atoms with E-state index in [1.807, 2.05) is 88.6 Å². The minimum atomic E-state index is -0.191. The van der Waals surface area contributed by atoms with Gasteiger partial charge < -0.3 is 21.3 Å². The fourth-order valence-corrected chi connectivity index (χ4v) is 4.50. The summed E-state index contributed by atoms with van der Waals surface area (Å²) in [5.74, 6) is 0. The summed E-state index contributed by atoms with van der Waals surface area (Å²) >= 11 is 10.8. The van der Waals surface area contributed by atoms with E-state index in [4.69, 9.17) is 24.4 Å². The van der Waals surface area contributed by atoms with Gasteiger partial charge in [-0.05, 0) is 62.5 Å². The fraction of sp³-hybridized carbons (Fsp3) is 0.231. The number of hydrogen-bond donors (Lipinski definition) is 4. The molecule has 10 nitrogen and oxygen atoms in total. The van der Waals surface area contributed by atoms with E-state index in [1.165, 1.54) is 0 Å². The molecule has 2 aromatic carbocycles. The number of nitrogens with zero attached hydrogens (tertiary/aromatic N) is 4. The van der Waals surface area contributed by atoms with Crippen molar-refractivity contribution in [2.24, 2.45) is 14.1 Å². The first-order valence-corrected chi connectivity index (χ1v) is 12.8. The first kappa shape index (κ1) is 26.9. The van der Waals surface area contributed by atoms with Crippen molar-refractivity contribution in [3.8, 4) is 11.4 Å². The molecule has 0 unspecified atom stereocenters. The van der Waals surface area contributed by atoms with Crippen molar-refractivity contribution in [3.05, 3.63) is 92.8 Å².